The highest BCUT2D eigenvalue weighted by atomic mass is 32.2. The van der Waals surface area contributed by atoms with Gasteiger partial charge in [-0.25, -0.2) is 9.78 Å². The molecule has 0 bridgehead atoms. The Morgan fingerprint density at radius 3 is 2.92 bits per heavy atom. The number of ether oxygens (including phenoxy) is 2. The lowest BCUT2D eigenvalue weighted by Crippen LogP contribution is -2.35. The predicted molar refractivity (Wildman–Crippen MR) is 145 cm³/mol. The number of pyridine rings is 2. The standard InChI is InChI=1S/C27H29N5O6S/c1-37-23-5-3-19-24(30-23)18(6-8-28-19)26(35)25(34)15-7-9-31(11-15)12-17-13-32(27(36)38-17)16-2-4-21-20(10-16)29-22(33)14-39-21/h2-6,8,10,15,17,25-26,34-35H,7,9,11-14H2,1H3,(H,29,33)/t15?,17?,25-,26-/m1/s1. The van der Waals surface area contributed by atoms with Gasteiger partial charge < -0.3 is 25.0 Å². The molecular formula is C27H29N5O6S. The quantitative estimate of drug-likeness (QED) is 0.401. The molecule has 0 spiro atoms. The Balaban J connectivity index is 1.08. The lowest BCUT2D eigenvalue weighted by Gasteiger charge is -2.25. The number of amides is 2. The summed E-state index contributed by atoms with van der Waals surface area (Å²) in [6.45, 7) is 2.19. The van der Waals surface area contributed by atoms with Crippen molar-refractivity contribution in [3.63, 3.8) is 0 Å². The Morgan fingerprint density at radius 2 is 2.08 bits per heavy atom. The first-order chi connectivity index (χ1) is 18.9. The highest BCUT2D eigenvalue weighted by Gasteiger charge is 2.38. The van der Waals surface area contributed by atoms with E-state index in [1.807, 2.05) is 12.1 Å². The van der Waals surface area contributed by atoms with Crippen LogP contribution in [0.4, 0.5) is 16.2 Å². The molecule has 39 heavy (non-hydrogen) atoms. The average Bonchev–Trinajstić information content (AvgIpc) is 3.57. The second-order valence-electron chi connectivity index (χ2n) is 10.00. The number of rotatable bonds is 7. The maximum atomic E-state index is 12.7. The fourth-order valence-electron chi connectivity index (χ4n) is 5.48. The highest BCUT2D eigenvalue weighted by molar-refractivity contribution is 8.00. The van der Waals surface area contributed by atoms with Crippen LogP contribution in [-0.2, 0) is 9.53 Å². The molecule has 0 radical (unpaired) electrons. The summed E-state index contributed by atoms with van der Waals surface area (Å²) in [6.07, 6.45) is -0.599. The third kappa shape index (κ3) is 5.12. The van der Waals surface area contributed by atoms with Crippen molar-refractivity contribution < 1.29 is 29.3 Å². The van der Waals surface area contributed by atoms with Crippen LogP contribution in [0.15, 0.2) is 47.5 Å². The second-order valence-corrected chi connectivity index (χ2v) is 11.0. The number of benzene rings is 1. The van der Waals surface area contributed by atoms with Crippen molar-refractivity contribution in [3.05, 3.63) is 48.2 Å². The third-order valence-corrected chi connectivity index (χ3v) is 8.55. The van der Waals surface area contributed by atoms with Gasteiger partial charge in [0.1, 0.15) is 12.2 Å². The number of nitrogens with zero attached hydrogens (tertiary/aromatic N) is 4. The van der Waals surface area contributed by atoms with Gasteiger partial charge in [0, 0.05) is 47.4 Å². The van der Waals surface area contributed by atoms with Crippen molar-refractivity contribution in [3.8, 4) is 5.88 Å². The zero-order valence-electron chi connectivity index (χ0n) is 21.3. The van der Waals surface area contributed by atoms with Crippen LogP contribution >= 0.6 is 11.8 Å². The predicted octanol–water partition coefficient (Wildman–Crippen LogP) is 2.42. The molecule has 2 aromatic heterocycles. The molecule has 0 saturated carbocycles. The van der Waals surface area contributed by atoms with Gasteiger partial charge in [0.25, 0.3) is 0 Å². The zero-order valence-corrected chi connectivity index (χ0v) is 22.1. The van der Waals surface area contributed by atoms with Crippen molar-refractivity contribution in [2.45, 2.75) is 29.6 Å². The van der Waals surface area contributed by atoms with Crippen LogP contribution in [0.5, 0.6) is 5.88 Å². The van der Waals surface area contributed by atoms with Gasteiger partial charge in [-0.1, -0.05) is 0 Å². The minimum absolute atomic E-state index is 0.0597. The molecule has 204 valence electrons. The van der Waals surface area contributed by atoms with E-state index >= 15 is 0 Å². The zero-order chi connectivity index (χ0) is 27.1. The maximum Gasteiger partial charge on any atom is 0.414 e. The Bertz CT molecular complexity index is 1420. The minimum Gasteiger partial charge on any atom is -0.481 e. The Kier molecular flexibility index (Phi) is 7.02. The highest BCUT2D eigenvalue weighted by Crippen LogP contribution is 2.36. The van der Waals surface area contributed by atoms with E-state index in [-0.39, 0.29) is 17.9 Å². The number of thioether (sulfide) groups is 1. The van der Waals surface area contributed by atoms with Crippen LogP contribution < -0.4 is 15.0 Å². The summed E-state index contributed by atoms with van der Waals surface area (Å²) in [5.74, 6) is 0.567. The van der Waals surface area contributed by atoms with E-state index in [0.29, 0.717) is 72.2 Å². The number of methoxy groups -OCH3 is 1. The largest absolute Gasteiger partial charge is 0.481 e. The number of carbonyl (C=O) groups is 2. The van der Waals surface area contributed by atoms with E-state index in [1.165, 1.54) is 18.9 Å². The SMILES string of the molecule is COc1ccc2nccc([C@@H](O)[C@H](O)C3CCN(CC4CN(c5ccc6c(c5)NC(=O)CS6)C(=O)O4)C3)c2n1. The normalized spacial score (nSPS) is 22.9. The van der Waals surface area contributed by atoms with Gasteiger partial charge in [-0.05, 0) is 43.3 Å². The fourth-order valence-corrected chi connectivity index (χ4v) is 6.27. The van der Waals surface area contributed by atoms with E-state index in [2.05, 4.69) is 20.2 Å². The molecule has 11 nitrogen and oxygen atoms in total. The Labute approximate surface area is 229 Å². The third-order valence-electron chi connectivity index (χ3n) is 7.48. The lowest BCUT2D eigenvalue weighted by molar-refractivity contribution is -0.113. The van der Waals surface area contributed by atoms with Gasteiger partial charge in [0.15, 0.2) is 0 Å². The molecule has 5 heterocycles. The number of fused-ring (bicyclic) bond motifs is 2. The van der Waals surface area contributed by atoms with Gasteiger partial charge in [-0.3, -0.25) is 19.6 Å². The van der Waals surface area contributed by atoms with E-state index in [1.54, 1.807) is 35.4 Å². The molecule has 6 rings (SSSR count). The fraction of sp³-hybridized carbons (Fsp3) is 0.407. The Hall–Kier alpha value is -3.45. The van der Waals surface area contributed by atoms with Gasteiger partial charge in [-0.2, -0.15) is 0 Å². The van der Waals surface area contributed by atoms with Crippen molar-refractivity contribution in [1.82, 2.24) is 14.9 Å². The summed E-state index contributed by atoms with van der Waals surface area (Å²) >= 11 is 1.47. The lowest BCUT2D eigenvalue weighted by atomic mass is 9.92. The minimum atomic E-state index is -1.14. The molecule has 3 aliphatic rings. The van der Waals surface area contributed by atoms with Crippen LogP contribution in [-0.4, -0.2) is 88.3 Å². The molecule has 2 amide bonds. The maximum absolute atomic E-state index is 12.7. The summed E-state index contributed by atoms with van der Waals surface area (Å²) in [4.78, 5) is 37.9. The molecule has 2 fully saturated rings. The van der Waals surface area contributed by atoms with Crippen molar-refractivity contribution in [2.24, 2.45) is 5.92 Å². The smallest absolute Gasteiger partial charge is 0.414 e. The number of aliphatic hydroxyl groups excluding tert-OH is 2. The molecule has 2 saturated heterocycles. The van der Waals surface area contributed by atoms with E-state index in [4.69, 9.17) is 9.47 Å². The number of carbonyl (C=O) groups excluding carboxylic acids is 2. The molecule has 12 heteroatoms. The van der Waals surface area contributed by atoms with Crippen LogP contribution in [0.3, 0.4) is 0 Å². The van der Waals surface area contributed by atoms with Crippen molar-refractivity contribution in [1.29, 1.82) is 0 Å². The molecule has 2 unspecified atom stereocenters. The Morgan fingerprint density at radius 1 is 1.21 bits per heavy atom. The van der Waals surface area contributed by atoms with Crippen LogP contribution in [0.1, 0.15) is 18.1 Å². The van der Waals surface area contributed by atoms with Crippen molar-refractivity contribution in [2.75, 3.05) is 49.3 Å². The summed E-state index contributed by atoms with van der Waals surface area (Å²) in [7, 11) is 1.52. The van der Waals surface area contributed by atoms with Gasteiger partial charge in [0.2, 0.25) is 11.8 Å². The van der Waals surface area contributed by atoms with Crippen LogP contribution in [0, 0.1) is 5.92 Å². The number of aliphatic hydroxyl groups is 2. The molecule has 1 aromatic carbocycles. The molecule has 3 aromatic rings. The monoisotopic (exact) mass is 551 g/mol. The van der Waals surface area contributed by atoms with Crippen LogP contribution in [0.25, 0.3) is 11.0 Å². The molecular weight excluding hydrogens is 522 g/mol. The first-order valence-electron chi connectivity index (χ1n) is 12.8. The average molecular weight is 552 g/mol. The second kappa shape index (κ2) is 10.6. The summed E-state index contributed by atoms with van der Waals surface area (Å²) < 4.78 is 10.9. The molecule has 4 atom stereocenters. The molecule has 3 N–H and O–H groups in total. The first kappa shape index (κ1) is 25.8. The van der Waals surface area contributed by atoms with Gasteiger partial charge in [-0.15, -0.1) is 11.8 Å². The number of hydrogen-bond acceptors (Lipinski definition) is 10. The topological polar surface area (TPSA) is 137 Å². The number of cyclic esters (lactones) is 1. The number of hydrogen-bond donors (Lipinski definition) is 3. The molecule has 0 aliphatic carbocycles. The van der Waals surface area contributed by atoms with Crippen LogP contribution in [0.2, 0.25) is 0 Å². The van der Waals surface area contributed by atoms with E-state index in [9.17, 15) is 19.8 Å². The van der Waals surface area contributed by atoms with Gasteiger partial charge in [0.05, 0.1) is 42.2 Å². The van der Waals surface area contributed by atoms with E-state index < -0.39 is 18.3 Å². The summed E-state index contributed by atoms with van der Waals surface area (Å²) in [5.41, 5.74) is 2.99. The summed E-state index contributed by atoms with van der Waals surface area (Å²) in [6, 6.07) is 10.7. The van der Waals surface area contributed by atoms with Gasteiger partial charge >= 0.3 is 6.09 Å². The van der Waals surface area contributed by atoms with Crippen molar-refractivity contribution >= 4 is 46.2 Å². The number of aromatic nitrogens is 2. The number of nitrogens with one attached hydrogen (secondary N) is 1. The van der Waals surface area contributed by atoms with E-state index in [0.717, 1.165) is 4.90 Å². The number of anilines is 2. The summed E-state index contributed by atoms with van der Waals surface area (Å²) in [5, 5.41) is 25.1. The first-order valence-corrected chi connectivity index (χ1v) is 13.8. The molecule has 3 aliphatic heterocycles. The number of likely N-dealkylation sites (tertiary alicyclic amines) is 1.